The largest absolute Gasteiger partial charge is 0.428 e. The van der Waals surface area contributed by atoms with Gasteiger partial charge in [-0.25, -0.2) is 0 Å². The molecule has 2 aliphatic rings. The molecule has 3 atom stereocenters. The fourth-order valence-corrected chi connectivity index (χ4v) is 21.9. The summed E-state index contributed by atoms with van der Waals surface area (Å²) in [6, 6.07) is 1.39. The molecule has 14 heavy (non-hydrogen) atoms. The topological polar surface area (TPSA) is 31.0 Å². The average molecular weight is 249 g/mol. The third kappa shape index (κ3) is 3.28. The second-order valence-electron chi connectivity index (χ2n) is 4.19. The molecule has 0 amide bonds. The quantitative estimate of drug-likeness (QED) is 0.445. The van der Waals surface area contributed by atoms with Crippen LogP contribution in [0.1, 0.15) is 13.3 Å². The monoisotopic (exact) mass is 248 g/mol. The van der Waals surface area contributed by atoms with Crippen molar-refractivity contribution in [3.05, 3.63) is 0 Å². The van der Waals surface area contributed by atoms with Gasteiger partial charge in [0.05, 0.1) is 21.5 Å². The highest BCUT2D eigenvalue weighted by atomic mass is 29.5. The van der Waals surface area contributed by atoms with Crippen molar-refractivity contribution in [1.29, 1.82) is 0 Å². The Morgan fingerprint density at radius 2 is 2.50 bits per heavy atom. The predicted octanol–water partition coefficient (Wildman–Crippen LogP) is -1.36. The molecular formula is C8H20O3Si3. The Kier molecular flexibility index (Phi) is 4.39. The molecule has 3 unspecified atom stereocenters. The van der Waals surface area contributed by atoms with Crippen LogP contribution in [0.3, 0.4) is 0 Å². The van der Waals surface area contributed by atoms with Crippen molar-refractivity contribution in [3.8, 4) is 0 Å². The minimum atomic E-state index is -0.474. The molecule has 0 radical (unpaired) electrons. The molecule has 2 aliphatic heterocycles. The van der Waals surface area contributed by atoms with E-state index >= 15 is 0 Å². The lowest BCUT2D eigenvalue weighted by Crippen LogP contribution is -2.46. The lowest BCUT2D eigenvalue weighted by atomic mass is 10.5. The third-order valence-electron chi connectivity index (χ3n) is 3.09. The maximum absolute atomic E-state index is 5.99. The van der Waals surface area contributed by atoms with Crippen LogP contribution in [0.2, 0.25) is 6.04 Å². The van der Waals surface area contributed by atoms with Crippen molar-refractivity contribution < 1.29 is 13.9 Å². The summed E-state index contributed by atoms with van der Waals surface area (Å²) < 4.78 is 16.8. The van der Waals surface area contributed by atoms with Crippen LogP contribution in [-0.4, -0.2) is 57.8 Å². The Morgan fingerprint density at radius 1 is 1.64 bits per heavy atom. The molecule has 0 spiro atoms. The highest BCUT2D eigenvalue weighted by Crippen LogP contribution is 2.14. The first kappa shape index (κ1) is 11.0. The first-order valence-corrected chi connectivity index (χ1v) is 15.0. The Bertz CT molecular complexity index is 171. The maximum atomic E-state index is 5.99. The molecule has 0 aromatic heterocycles. The minimum absolute atomic E-state index is 0.0224. The van der Waals surface area contributed by atoms with Crippen LogP contribution in [0.4, 0.5) is 0 Å². The van der Waals surface area contributed by atoms with E-state index in [1.54, 1.807) is 0 Å². The van der Waals surface area contributed by atoms with E-state index < -0.39 is 8.31 Å². The minimum Gasteiger partial charge on any atom is -0.428 e. The summed E-state index contributed by atoms with van der Waals surface area (Å²) in [5.74, 6) is 0. The third-order valence-corrected chi connectivity index (χ3v) is 22.7. The second kappa shape index (κ2) is 5.57. The number of hydrogen-bond donors (Lipinski definition) is 0. The van der Waals surface area contributed by atoms with Gasteiger partial charge in [-0.1, -0.05) is 6.92 Å². The summed E-state index contributed by atoms with van der Waals surface area (Å²) in [6.45, 7) is 5.13. The highest BCUT2D eigenvalue weighted by molar-refractivity contribution is 7.35. The molecule has 82 valence electrons. The van der Waals surface area contributed by atoms with Crippen LogP contribution in [-0.2, 0) is 13.9 Å². The highest BCUT2D eigenvalue weighted by Gasteiger charge is 2.29. The van der Waals surface area contributed by atoms with E-state index in [9.17, 15) is 0 Å². The van der Waals surface area contributed by atoms with Crippen LogP contribution in [0, 0.1) is 0 Å². The van der Waals surface area contributed by atoms with Crippen molar-refractivity contribution >= 4 is 26.1 Å². The molecule has 3 nitrogen and oxygen atoms in total. The summed E-state index contributed by atoms with van der Waals surface area (Å²) in [7, 11) is -0.267. The number of epoxide rings is 1. The summed E-state index contributed by atoms with van der Waals surface area (Å²) in [5, 5.41) is 0. The number of ether oxygens (including phenoxy) is 2. The van der Waals surface area contributed by atoms with Gasteiger partial charge in [0, 0.05) is 20.9 Å². The van der Waals surface area contributed by atoms with E-state index in [0.717, 1.165) is 19.8 Å². The van der Waals surface area contributed by atoms with Gasteiger partial charge >= 0.3 is 0 Å². The SMILES string of the molecule is CCC(OCC1CO1)[SiH]1CCO[SiH2][SiH2]1. The molecule has 2 rings (SSSR count). The van der Waals surface area contributed by atoms with Crippen molar-refractivity contribution in [2.75, 3.05) is 19.8 Å². The van der Waals surface area contributed by atoms with E-state index in [1.165, 1.54) is 12.5 Å². The first-order chi connectivity index (χ1) is 6.90. The van der Waals surface area contributed by atoms with Crippen LogP contribution in [0.25, 0.3) is 0 Å². The van der Waals surface area contributed by atoms with E-state index in [1.807, 2.05) is 0 Å². The molecule has 0 N–H and O–H groups in total. The van der Waals surface area contributed by atoms with Crippen molar-refractivity contribution in [2.45, 2.75) is 31.2 Å². The average Bonchev–Trinajstić information content (AvgIpc) is 3.04. The summed E-state index contributed by atoms with van der Waals surface area (Å²) in [6.07, 6.45) is 1.67. The van der Waals surface area contributed by atoms with Crippen LogP contribution in [0.15, 0.2) is 0 Å². The van der Waals surface area contributed by atoms with Crippen LogP contribution < -0.4 is 0 Å². The van der Waals surface area contributed by atoms with Gasteiger partial charge in [-0.05, 0) is 12.5 Å². The van der Waals surface area contributed by atoms with Gasteiger partial charge in [-0.2, -0.15) is 0 Å². The van der Waals surface area contributed by atoms with E-state index in [2.05, 4.69) is 6.92 Å². The van der Waals surface area contributed by atoms with E-state index in [4.69, 9.17) is 13.9 Å². The van der Waals surface area contributed by atoms with Gasteiger partial charge in [0.15, 0.2) is 0 Å². The van der Waals surface area contributed by atoms with Gasteiger partial charge in [-0.3, -0.25) is 0 Å². The van der Waals surface area contributed by atoms with E-state index in [-0.39, 0.29) is 17.8 Å². The summed E-state index contributed by atoms with van der Waals surface area (Å²) >= 11 is 0. The molecule has 2 fully saturated rings. The first-order valence-electron chi connectivity index (χ1n) is 5.71. The normalized spacial score (nSPS) is 37.5. The molecule has 0 bridgehead atoms. The fourth-order valence-electron chi connectivity index (χ4n) is 2.07. The zero-order valence-corrected chi connectivity index (χ0v) is 12.9. The van der Waals surface area contributed by atoms with Crippen molar-refractivity contribution in [3.63, 3.8) is 0 Å². The molecule has 2 saturated heterocycles. The van der Waals surface area contributed by atoms with Crippen LogP contribution >= 0.6 is 0 Å². The number of hydrogen-bond acceptors (Lipinski definition) is 3. The Labute approximate surface area is 91.4 Å². The smallest absolute Gasteiger partial charge is 0.140 e. The standard InChI is InChI=1S/C8H20O3Si3/c1-2-8(10-6-7-5-9-7)14-4-3-11-12-13-14/h7-8,14H,2-6,12-13H2,1H3. The molecule has 0 aliphatic carbocycles. The predicted molar refractivity (Wildman–Crippen MR) is 64.8 cm³/mol. The van der Waals surface area contributed by atoms with Crippen molar-refractivity contribution in [2.24, 2.45) is 0 Å². The Hall–Kier alpha value is 0.531. The molecule has 2 heterocycles. The zero-order valence-electron chi connectivity index (χ0n) is 8.91. The molecular weight excluding hydrogens is 228 g/mol. The van der Waals surface area contributed by atoms with Crippen LogP contribution in [0.5, 0.6) is 0 Å². The van der Waals surface area contributed by atoms with Gasteiger partial charge < -0.3 is 13.9 Å². The van der Waals surface area contributed by atoms with Crippen molar-refractivity contribution in [1.82, 2.24) is 0 Å². The lowest BCUT2D eigenvalue weighted by molar-refractivity contribution is 0.0859. The Balaban J connectivity index is 1.71. The molecule has 0 saturated carbocycles. The maximum Gasteiger partial charge on any atom is 0.140 e. The van der Waals surface area contributed by atoms with Gasteiger partial charge in [0.1, 0.15) is 15.4 Å². The van der Waals surface area contributed by atoms with E-state index in [0.29, 0.717) is 11.8 Å². The number of rotatable bonds is 5. The lowest BCUT2D eigenvalue weighted by Gasteiger charge is -2.27. The van der Waals surface area contributed by atoms with Gasteiger partial charge in [-0.15, -0.1) is 0 Å². The molecule has 6 heteroatoms. The van der Waals surface area contributed by atoms with Gasteiger partial charge in [0.25, 0.3) is 0 Å². The molecule has 0 aromatic rings. The summed E-state index contributed by atoms with van der Waals surface area (Å²) in [4.78, 5) is 0. The van der Waals surface area contributed by atoms with Gasteiger partial charge in [0.2, 0.25) is 0 Å². The Morgan fingerprint density at radius 3 is 3.07 bits per heavy atom. The zero-order chi connectivity index (χ0) is 9.80. The second-order valence-corrected chi connectivity index (χ2v) is 19.7. The molecule has 0 aromatic carbocycles. The summed E-state index contributed by atoms with van der Waals surface area (Å²) in [5.41, 5.74) is 0.655. The fraction of sp³-hybridized carbons (Fsp3) is 1.00.